The lowest BCUT2D eigenvalue weighted by Crippen LogP contribution is -2.51. The smallest absolute Gasteiger partial charge is 0.123 e. The molecule has 2 N–H and O–H groups in total. The molecule has 4 heteroatoms. The molecule has 2 atom stereocenters. The third kappa shape index (κ3) is 4.01. The molecule has 1 aliphatic rings. The normalized spacial score (nSPS) is 22.9. The first kappa shape index (κ1) is 15.4. The number of halogens is 1. The lowest BCUT2D eigenvalue weighted by Gasteiger charge is -2.39. The van der Waals surface area contributed by atoms with Crippen molar-refractivity contribution in [3.05, 3.63) is 35.6 Å². The predicted molar refractivity (Wildman–Crippen MR) is 81.1 cm³/mol. The second-order valence-corrected chi connectivity index (χ2v) is 5.79. The summed E-state index contributed by atoms with van der Waals surface area (Å²) in [4.78, 5) is 4.91. The van der Waals surface area contributed by atoms with Crippen LogP contribution >= 0.6 is 0 Å². The van der Waals surface area contributed by atoms with Gasteiger partial charge in [0.2, 0.25) is 0 Å². The van der Waals surface area contributed by atoms with Gasteiger partial charge >= 0.3 is 0 Å². The molecule has 2 unspecified atom stereocenters. The van der Waals surface area contributed by atoms with E-state index in [-0.39, 0.29) is 11.9 Å². The van der Waals surface area contributed by atoms with Crippen molar-refractivity contribution in [3.63, 3.8) is 0 Å². The Morgan fingerprint density at radius 2 is 2.20 bits per heavy atom. The van der Waals surface area contributed by atoms with Crippen molar-refractivity contribution in [2.45, 2.75) is 31.8 Å². The van der Waals surface area contributed by atoms with Crippen molar-refractivity contribution >= 4 is 0 Å². The summed E-state index contributed by atoms with van der Waals surface area (Å²) in [6, 6.07) is 7.21. The zero-order chi connectivity index (χ0) is 14.5. The summed E-state index contributed by atoms with van der Waals surface area (Å²) in [6.45, 7) is 6.56. The number of hydrogen-bond acceptors (Lipinski definition) is 3. The van der Waals surface area contributed by atoms with Crippen LogP contribution in [0.3, 0.4) is 0 Å². The number of piperazine rings is 1. The Labute approximate surface area is 121 Å². The summed E-state index contributed by atoms with van der Waals surface area (Å²) in [7, 11) is 2.20. The van der Waals surface area contributed by atoms with E-state index in [2.05, 4.69) is 23.8 Å². The summed E-state index contributed by atoms with van der Waals surface area (Å²) in [5.74, 6) is -0.205. The molecule has 0 saturated carbocycles. The van der Waals surface area contributed by atoms with Crippen LogP contribution in [0, 0.1) is 5.82 Å². The first-order chi connectivity index (χ1) is 9.60. The number of likely N-dealkylation sites (N-methyl/N-ethyl adjacent to an activating group) is 1. The van der Waals surface area contributed by atoms with Gasteiger partial charge < -0.3 is 15.5 Å². The Balaban J connectivity index is 1.83. The van der Waals surface area contributed by atoms with Crippen LogP contribution in [0.5, 0.6) is 0 Å². The Morgan fingerprint density at radius 1 is 1.40 bits per heavy atom. The lowest BCUT2D eigenvalue weighted by atomic mass is 10.0. The van der Waals surface area contributed by atoms with Crippen LogP contribution in [0.2, 0.25) is 0 Å². The van der Waals surface area contributed by atoms with Crippen molar-refractivity contribution < 1.29 is 4.39 Å². The summed E-state index contributed by atoms with van der Waals surface area (Å²) >= 11 is 0. The highest BCUT2D eigenvalue weighted by atomic mass is 19.1. The average molecular weight is 279 g/mol. The number of nitrogens with zero attached hydrogens (tertiary/aromatic N) is 2. The lowest BCUT2D eigenvalue weighted by molar-refractivity contribution is 0.0911. The van der Waals surface area contributed by atoms with E-state index in [0.717, 1.165) is 38.2 Å². The fourth-order valence-electron chi connectivity index (χ4n) is 2.88. The van der Waals surface area contributed by atoms with Crippen molar-refractivity contribution in [2.24, 2.45) is 5.73 Å². The molecule has 0 amide bonds. The van der Waals surface area contributed by atoms with Crippen LogP contribution in [0.1, 0.15) is 31.4 Å². The maximum Gasteiger partial charge on any atom is 0.123 e. The fourth-order valence-corrected chi connectivity index (χ4v) is 2.88. The Morgan fingerprint density at radius 3 is 2.90 bits per heavy atom. The first-order valence-corrected chi connectivity index (χ1v) is 7.53. The van der Waals surface area contributed by atoms with Crippen LogP contribution in [0.4, 0.5) is 4.39 Å². The third-order valence-electron chi connectivity index (χ3n) is 4.37. The molecule has 2 rings (SSSR count). The minimum atomic E-state index is -0.205. The Bertz CT molecular complexity index is 424. The van der Waals surface area contributed by atoms with E-state index >= 15 is 0 Å². The van der Waals surface area contributed by atoms with Crippen molar-refractivity contribution in [2.75, 3.05) is 33.2 Å². The van der Waals surface area contributed by atoms with Gasteiger partial charge in [0.25, 0.3) is 0 Å². The molecule has 0 bridgehead atoms. The molecule has 1 heterocycles. The van der Waals surface area contributed by atoms with E-state index in [1.807, 2.05) is 6.07 Å². The maximum atomic E-state index is 13.2. The van der Waals surface area contributed by atoms with Crippen LogP contribution < -0.4 is 5.73 Å². The standard InChI is InChI=1S/C16H26FN3/c1-3-15-12-20(10-9-19(15)2)8-7-16(18)13-5-4-6-14(17)11-13/h4-6,11,15-16H,3,7-10,12,18H2,1-2H3. The van der Waals surface area contributed by atoms with Crippen LogP contribution in [0.15, 0.2) is 24.3 Å². The van der Waals surface area contributed by atoms with Crippen LogP contribution in [0.25, 0.3) is 0 Å². The SMILES string of the molecule is CCC1CN(CCC(N)c2cccc(F)c2)CCN1C. The second-order valence-electron chi connectivity index (χ2n) is 5.79. The fraction of sp³-hybridized carbons (Fsp3) is 0.625. The molecule has 1 fully saturated rings. The molecule has 20 heavy (non-hydrogen) atoms. The van der Waals surface area contributed by atoms with E-state index in [0.29, 0.717) is 6.04 Å². The zero-order valence-electron chi connectivity index (χ0n) is 12.6. The summed E-state index contributed by atoms with van der Waals surface area (Å²) in [6.07, 6.45) is 2.06. The summed E-state index contributed by atoms with van der Waals surface area (Å²) in [5.41, 5.74) is 7.07. The molecule has 3 nitrogen and oxygen atoms in total. The van der Waals surface area contributed by atoms with Gasteiger partial charge in [0.15, 0.2) is 0 Å². The van der Waals surface area contributed by atoms with Crippen LogP contribution in [-0.4, -0.2) is 49.1 Å². The van der Waals surface area contributed by atoms with Crippen molar-refractivity contribution in [1.82, 2.24) is 9.80 Å². The average Bonchev–Trinajstić information content (AvgIpc) is 2.46. The molecule has 112 valence electrons. The zero-order valence-corrected chi connectivity index (χ0v) is 12.6. The minimum Gasteiger partial charge on any atom is -0.324 e. The first-order valence-electron chi connectivity index (χ1n) is 7.53. The number of benzene rings is 1. The number of hydrogen-bond donors (Lipinski definition) is 1. The number of nitrogens with two attached hydrogens (primary N) is 1. The quantitative estimate of drug-likeness (QED) is 0.897. The van der Waals surface area contributed by atoms with Gasteiger partial charge in [-0.15, -0.1) is 0 Å². The van der Waals surface area contributed by atoms with Gasteiger partial charge in [0, 0.05) is 38.3 Å². The molecule has 0 aromatic heterocycles. The summed E-state index contributed by atoms with van der Waals surface area (Å²) < 4.78 is 13.2. The monoisotopic (exact) mass is 279 g/mol. The molecule has 0 aliphatic carbocycles. The van der Waals surface area contributed by atoms with Crippen LogP contribution in [-0.2, 0) is 0 Å². The van der Waals surface area contributed by atoms with E-state index in [9.17, 15) is 4.39 Å². The van der Waals surface area contributed by atoms with E-state index in [1.165, 1.54) is 12.5 Å². The molecule has 1 aliphatic heterocycles. The second kappa shape index (κ2) is 7.16. The van der Waals surface area contributed by atoms with Gasteiger partial charge in [-0.25, -0.2) is 4.39 Å². The minimum absolute atomic E-state index is 0.0783. The van der Waals surface area contributed by atoms with Gasteiger partial charge in [-0.2, -0.15) is 0 Å². The van der Waals surface area contributed by atoms with Gasteiger partial charge in [-0.05, 0) is 37.6 Å². The third-order valence-corrected chi connectivity index (χ3v) is 4.37. The molecule has 1 aromatic carbocycles. The topological polar surface area (TPSA) is 32.5 Å². The van der Waals surface area contributed by atoms with E-state index in [4.69, 9.17) is 5.73 Å². The van der Waals surface area contributed by atoms with Crippen molar-refractivity contribution in [3.8, 4) is 0 Å². The highest BCUT2D eigenvalue weighted by Crippen LogP contribution is 2.17. The van der Waals surface area contributed by atoms with Gasteiger partial charge in [0.05, 0.1) is 0 Å². The summed E-state index contributed by atoms with van der Waals surface area (Å²) in [5, 5.41) is 0. The molecule has 1 aromatic rings. The molecule has 0 spiro atoms. The van der Waals surface area contributed by atoms with E-state index < -0.39 is 0 Å². The Kier molecular flexibility index (Phi) is 5.52. The van der Waals surface area contributed by atoms with Crippen molar-refractivity contribution in [1.29, 1.82) is 0 Å². The number of rotatable bonds is 5. The van der Waals surface area contributed by atoms with Gasteiger partial charge in [0.1, 0.15) is 5.82 Å². The highest BCUT2D eigenvalue weighted by Gasteiger charge is 2.22. The molecule has 1 saturated heterocycles. The maximum absolute atomic E-state index is 13.2. The highest BCUT2D eigenvalue weighted by molar-refractivity contribution is 5.19. The predicted octanol–water partition coefficient (Wildman–Crippen LogP) is 2.24. The Hall–Kier alpha value is -0.970. The largest absolute Gasteiger partial charge is 0.324 e. The van der Waals surface area contributed by atoms with E-state index in [1.54, 1.807) is 12.1 Å². The molecule has 0 radical (unpaired) electrons. The van der Waals surface area contributed by atoms with Gasteiger partial charge in [-0.3, -0.25) is 0 Å². The molecular weight excluding hydrogens is 253 g/mol. The molecular formula is C16H26FN3. The van der Waals surface area contributed by atoms with Gasteiger partial charge in [-0.1, -0.05) is 19.1 Å².